The number of anilines is 1. The summed E-state index contributed by atoms with van der Waals surface area (Å²) in [5, 5.41) is 13.6. The Labute approximate surface area is 215 Å². The molecule has 9 nitrogen and oxygen atoms in total. The minimum Gasteiger partial charge on any atom is -0.494 e. The summed E-state index contributed by atoms with van der Waals surface area (Å²) in [7, 11) is 0. The fourth-order valence-electron chi connectivity index (χ4n) is 3.30. The van der Waals surface area contributed by atoms with E-state index in [0.29, 0.717) is 39.8 Å². The van der Waals surface area contributed by atoms with E-state index in [1.165, 1.54) is 23.1 Å². The van der Waals surface area contributed by atoms with Gasteiger partial charge in [-0.05, 0) is 62.4 Å². The van der Waals surface area contributed by atoms with Crippen molar-refractivity contribution in [3.63, 3.8) is 0 Å². The Balaban J connectivity index is 1.27. The largest absolute Gasteiger partial charge is 0.494 e. The monoisotopic (exact) mass is 519 g/mol. The summed E-state index contributed by atoms with van der Waals surface area (Å²) >= 11 is 2.55. The standard InChI is InChI=1S/C25H21N5O4S2/c1-3-32-17-10-8-16(9-11-17)18-14-35-24(26-18)28-23(31)15(2)36-25-27-21(19-6-4-12-33-19)22(29-30-25)20-7-5-13-34-20/h4-15H,3H2,1-2H3,(H,26,28,31). The molecule has 0 aliphatic rings. The average molecular weight is 520 g/mol. The molecule has 0 fully saturated rings. The number of thioether (sulfide) groups is 1. The van der Waals surface area contributed by atoms with Crippen molar-refractivity contribution >= 4 is 34.1 Å². The Kier molecular flexibility index (Phi) is 7.10. The number of thiazole rings is 1. The molecule has 1 aromatic carbocycles. The van der Waals surface area contributed by atoms with E-state index in [-0.39, 0.29) is 5.91 Å². The number of rotatable bonds is 9. The third-order valence-electron chi connectivity index (χ3n) is 5.02. The second kappa shape index (κ2) is 10.8. The Morgan fingerprint density at radius 1 is 1.03 bits per heavy atom. The van der Waals surface area contributed by atoms with Crippen LogP contribution in [0.25, 0.3) is 34.2 Å². The second-order valence-corrected chi connectivity index (χ2v) is 9.66. The first-order chi connectivity index (χ1) is 17.6. The predicted octanol–water partition coefficient (Wildman–Crippen LogP) is 6.03. The van der Waals surface area contributed by atoms with Gasteiger partial charge >= 0.3 is 0 Å². The highest BCUT2D eigenvalue weighted by molar-refractivity contribution is 8.00. The average Bonchev–Trinajstić information content (AvgIpc) is 3.68. The molecule has 1 unspecified atom stereocenters. The van der Waals surface area contributed by atoms with Crippen molar-refractivity contribution < 1.29 is 18.4 Å². The molecule has 0 spiro atoms. The van der Waals surface area contributed by atoms with Gasteiger partial charge in [0.15, 0.2) is 22.3 Å². The minimum absolute atomic E-state index is 0.217. The lowest BCUT2D eigenvalue weighted by atomic mass is 10.2. The summed E-state index contributed by atoms with van der Waals surface area (Å²) in [6.45, 7) is 4.33. The zero-order chi connectivity index (χ0) is 24.9. The van der Waals surface area contributed by atoms with Crippen LogP contribution in [-0.2, 0) is 4.79 Å². The smallest absolute Gasteiger partial charge is 0.239 e. The lowest BCUT2D eigenvalue weighted by Crippen LogP contribution is -2.22. The molecule has 36 heavy (non-hydrogen) atoms. The van der Waals surface area contributed by atoms with Gasteiger partial charge in [0.25, 0.3) is 0 Å². The van der Waals surface area contributed by atoms with Gasteiger partial charge in [-0.15, -0.1) is 21.5 Å². The normalized spacial score (nSPS) is 11.8. The molecule has 1 atom stereocenters. The molecule has 4 aromatic heterocycles. The lowest BCUT2D eigenvalue weighted by molar-refractivity contribution is -0.115. The molecule has 0 bridgehead atoms. The summed E-state index contributed by atoms with van der Waals surface area (Å²) in [4.78, 5) is 22.0. The zero-order valence-electron chi connectivity index (χ0n) is 19.4. The topological polar surface area (TPSA) is 116 Å². The van der Waals surface area contributed by atoms with Gasteiger partial charge in [-0.1, -0.05) is 11.8 Å². The number of ether oxygens (including phenoxy) is 1. The molecular weight excluding hydrogens is 498 g/mol. The maximum Gasteiger partial charge on any atom is 0.239 e. The first-order valence-electron chi connectivity index (χ1n) is 11.1. The van der Waals surface area contributed by atoms with Crippen LogP contribution in [0.5, 0.6) is 5.75 Å². The van der Waals surface area contributed by atoms with Gasteiger partial charge in [0.1, 0.15) is 11.4 Å². The van der Waals surface area contributed by atoms with Crippen LogP contribution in [-0.4, -0.2) is 37.9 Å². The fourth-order valence-corrected chi connectivity index (χ4v) is 4.73. The number of amides is 1. The molecule has 0 radical (unpaired) electrons. The van der Waals surface area contributed by atoms with Crippen LogP contribution in [0.4, 0.5) is 5.13 Å². The van der Waals surface area contributed by atoms with Crippen molar-refractivity contribution in [1.29, 1.82) is 0 Å². The van der Waals surface area contributed by atoms with Crippen LogP contribution < -0.4 is 10.1 Å². The number of hydrogen-bond donors (Lipinski definition) is 1. The predicted molar refractivity (Wildman–Crippen MR) is 138 cm³/mol. The third kappa shape index (κ3) is 5.31. The minimum atomic E-state index is -0.497. The highest BCUT2D eigenvalue weighted by Crippen LogP contribution is 2.32. The first-order valence-corrected chi connectivity index (χ1v) is 12.9. The molecule has 0 aliphatic heterocycles. The van der Waals surface area contributed by atoms with Gasteiger partial charge in [0.05, 0.1) is 30.1 Å². The van der Waals surface area contributed by atoms with Gasteiger partial charge in [-0.3, -0.25) is 4.79 Å². The second-order valence-electron chi connectivity index (χ2n) is 7.49. The Bertz CT molecular complexity index is 1430. The van der Waals surface area contributed by atoms with Crippen molar-refractivity contribution in [3.05, 3.63) is 66.4 Å². The number of carbonyl (C=O) groups excluding carboxylic acids is 1. The van der Waals surface area contributed by atoms with Crippen LogP contribution in [0.3, 0.4) is 0 Å². The van der Waals surface area contributed by atoms with Gasteiger partial charge < -0.3 is 18.9 Å². The first kappa shape index (κ1) is 23.8. The molecule has 1 N–H and O–H groups in total. The van der Waals surface area contributed by atoms with Crippen molar-refractivity contribution in [3.8, 4) is 39.9 Å². The van der Waals surface area contributed by atoms with E-state index in [0.717, 1.165) is 17.0 Å². The van der Waals surface area contributed by atoms with E-state index in [4.69, 9.17) is 13.6 Å². The van der Waals surface area contributed by atoms with Crippen LogP contribution >= 0.6 is 23.1 Å². The molecule has 5 rings (SSSR count). The number of aromatic nitrogens is 4. The summed E-state index contributed by atoms with van der Waals surface area (Å²) < 4.78 is 16.5. The molecule has 0 saturated heterocycles. The van der Waals surface area contributed by atoms with Crippen LogP contribution in [0, 0.1) is 0 Å². The van der Waals surface area contributed by atoms with Crippen molar-refractivity contribution in [2.75, 3.05) is 11.9 Å². The summed E-state index contributed by atoms with van der Waals surface area (Å²) in [5.74, 6) is 1.64. The molecule has 11 heteroatoms. The van der Waals surface area contributed by atoms with Crippen LogP contribution in [0.1, 0.15) is 13.8 Å². The van der Waals surface area contributed by atoms with E-state index in [2.05, 4.69) is 25.5 Å². The van der Waals surface area contributed by atoms with Crippen LogP contribution in [0.2, 0.25) is 0 Å². The molecule has 0 saturated carbocycles. The third-order valence-corrected chi connectivity index (χ3v) is 6.73. The van der Waals surface area contributed by atoms with E-state index >= 15 is 0 Å². The van der Waals surface area contributed by atoms with Gasteiger partial charge in [0, 0.05) is 10.9 Å². The molecule has 0 aliphatic carbocycles. The SMILES string of the molecule is CCOc1ccc(-c2csc(NC(=O)C(C)Sc3nnc(-c4ccco4)c(-c4ccco4)n3)n2)cc1. The number of nitrogens with zero attached hydrogens (tertiary/aromatic N) is 4. The maximum atomic E-state index is 12.9. The van der Waals surface area contributed by atoms with Gasteiger partial charge in [-0.2, -0.15) is 0 Å². The number of nitrogens with one attached hydrogen (secondary N) is 1. The maximum absolute atomic E-state index is 12.9. The molecule has 1 amide bonds. The quantitative estimate of drug-likeness (QED) is 0.233. The van der Waals surface area contributed by atoms with E-state index in [1.54, 1.807) is 43.7 Å². The van der Waals surface area contributed by atoms with Crippen molar-refractivity contribution in [2.45, 2.75) is 24.3 Å². The van der Waals surface area contributed by atoms with E-state index in [9.17, 15) is 4.79 Å². The number of hydrogen-bond acceptors (Lipinski definition) is 10. The van der Waals surface area contributed by atoms with Crippen molar-refractivity contribution in [1.82, 2.24) is 20.2 Å². The number of benzene rings is 1. The zero-order valence-corrected chi connectivity index (χ0v) is 21.0. The Morgan fingerprint density at radius 2 is 1.75 bits per heavy atom. The number of furan rings is 2. The Hall–Kier alpha value is -3.96. The summed E-state index contributed by atoms with van der Waals surface area (Å²) in [6.07, 6.45) is 3.11. The fraction of sp³-hybridized carbons (Fsp3) is 0.160. The summed E-state index contributed by atoms with van der Waals surface area (Å²) in [5.41, 5.74) is 2.67. The van der Waals surface area contributed by atoms with Crippen LogP contribution in [0.15, 0.2) is 80.4 Å². The highest BCUT2D eigenvalue weighted by Gasteiger charge is 2.22. The van der Waals surface area contributed by atoms with E-state index in [1.807, 2.05) is 36.6 Å². The van der Waals surface area contributed by atoms with E-state index < -0.39 is 5.25 Å². The highest BCUT2D eigenvalue weighted by atomic mass is 32.2. The Morgan fingerprint density at radius 3 is 2.42 bits per heavy atom. The molecule has 5 aromatic rings. The van der Waals surface area contributed by atoms with Gasteiger partial charge in [0.2, 0.25) is 11.1 Å². The van der Waals surface area contributed by atoms with Gasteiger partial charge in [-0.25, -0.2) is 9.97 Å². The van der Waals surface area contributed by atoms with Crippen molar-refractivity contribution in [2.24, 2.45) is 0 Å². The number of carbonyl (C=O) groups is 1. The lowest BCUT2D eigenvalue weighted by Gasteiger charge is -2.10. The molecule has 182 valence electrons. The molecule has 4 heterocycles. The molecular formula is C25H21N5O4S2. The summed E-state index contributed by atoms with van der Waals surface area (Å²) in [6, 6.07) is 14.8.